The fraction of sp³-hybridized carbons (Fsp3) is 0.118. The first-order chi connectivity index (χ1) is 10.8. The standard InChI is InChI=1S/C17H16N2O3S/c1-4-13-7-5-9-15(11-13)18-17(20)14-8-6-10-16(12-14)23(21,22)19(2)3/h1,5-12H,2-3H3,(H,18,20). The molecule has 0 bridgehead atoms. The lowest BCUT2D eigenvalue weighted by Crippen LogP contribution is -2.22. The van der Waals surface area contributed by atoms with Crippen molar-refractivity contribution in [3.63, 3.8) is 0 Å². The van der Waals surface area contributed by atoms with Gasteiger partial charge in [0.2, 0.25) is 10.0 Å². The molecule has 0 radical (unpaired) electrons. The summed E-state index contributed by atoms with van der Waals surface area (Å²) in [5, 5.41) is 2.70. The third-order valence-corrected chi connectivity index (χ3v) is 4.97. The second kappa shape index (κ2) is 6.65. The third-order valence-electron chi connectivity index (χ3n) is 3.16. The van der Waals surface area contributed by atoms with Crippen molar-refractivity contribution in [3.05, 3.63) is 59.7 Å². The molecule has 0 aliphatic rings. The second-order valence-electron chi connectivity index (χ2n) is 4.99. The van der Waals surface area contributed by atoms with Gasteiger partial charge in [-0.1, -0.05) is 18.1 Å². The predicted molar refractivity (Wildman–Crippen MR) is 89.6 cm³/mol. The van der Waals surface area contributed by atoms with Gasteiger partial charge in [-0.05, 0) is 36.4 Å². The first-order valence-electron chi connectivity index (χ1n) is 6.75. The number of benzene rings is 2. The molecule has 0 aromatic heterocycles. The van der Waals surface area contributed by atoms with Crippen LogP contribution in [0.1, 0.15) is 15.9 Å². The summed E-state index contributed by atoms with van der Waals surface area (Å²) < 4.78 is 25.3. The van der Waals surface area contributed by atoms with E-state index in [9.17, 15) is 13.2 Å². The Bertz CT molecular complexity index is 881. The highest BCUT2D eigenvalue weighted by Gasteiger charge is 2.18. The van der Waals surface area contributed by atoms with Crippen LogP contribution in [0.3, 0.4) is 0 Å². The van der Waals surface area contributed by atoms with Crippen LogP contribution >= 0.6 is 0 Å². The van der Waals surface area contributed by atoms with E-state index in [-0.39, 0.29) is 10.5 Å². The molecule has 2 aromatic carbocycles. The van der Waals surface area contributed by atoms with Crippen molar-refractivity contribution in [2.75, 3.05) is 19.4 Å². The van der Waals surface area contributed by atoms with Crippen LogP contribution in [0.2, 0.25) is 0 Å². The van der Waals surface area contributed by atoms with Crippen LogP contribution in [0.4, 0.5) is 5.69 Å². The van der Waals surface area contributed by atoms with Gasteiger partial charge in [-0.3, -0.25) is 4.79 Å². The van der Waals surface area contributed by atoms with E-state index in [0.717, 1.165) is 4.31 Å². The maximum atomic E-state index is 12.3. The Morgan fingerprint density at radius 3 is 2.48 bits per heavy atom. The smallest absolute Gasteiger partial charge is 0.255 e. The van der Waals surface area contributed by atoms with E-state index in [2.05, 4.69) is 11.2 Å². The Morgan fingerprint density at radius 2 is 1.83 bits per heavy atom. The summed E-state index contributed by atoms with van der Waals surface area (Å²) in [6.07, 6.45) is 5.32. The van der Waals surface area contributed by atoms with Crippen LogP contribution in [0.5, 0.6) is 0 Å². The zero-order valence-corrected chi connectivity index (χ0v) is 13.6. The zero-order chi connectivity index (χ0) is 17.0. The van der Waals surface area contributed by atoms with Gasteiger partial charge in [0, 0.05) is 30.9 Å². The lowest BCUT2D eigenvalue weighted by atomic mass is 10.2. The quantitative estimate of drug-likeness (QED) is 0.875. The number of carbonyl (C=O) groups excluding carboxylic acids is 1. The van der Waals surface area contributed by atoms with Crippen LogP contribution in [-0.4, -0.2) is 32.7 Å². The van der Waals surface area contributed by atoms with Gasteiger partial charge in [0.15, 0.2) is 0 Å². The van der Waals surface area contributed by atoms with E-state index >= 15 is 0 Å². The van der Waals surface area contributed by atoms with Crippen molar-refractivity contribution in [1.29, 1.82) is 0 Å². The van der Waals surface area contributed by atoms with Crippen molar-refractivity contribution in [1.82, 2.24) is 4.31 Å². The SMILES string of the molecule is C#Cc1cccc(NC(=O)c2cccc(S(=O)(=O)N(C)C)c2)c1. The molecule has 6 heteroatoms. The topological polar surface area (TPSA) is 66.5 Å². The molecule has 0 fully saturated rings. The van der Waals surface area contributed by atoms with Crippen molar-refractivity contribution in [2.45, 2.75) is 4.90 Å². The van der Waals surface area contributed by atoms with Gasteiger partial charge in [-0.2, -0.15) is 0 Å². The van der Waals surface area contributed by atoms with Crippen molar-refractivity contribution in [3.8, 4) is 12.3 Å². The average molecular weight is 328 g/mol. The molecule has 1 N–H and O–H groups in total. The number of nitrogens with zero attached hydrogens (tertiary/aromatic N) is 1. The summed E-state index contributed by atoms with van der Waals surface area (Å²) >= 11 is 0. The number of rotatable bonds is 4. The van der Waals surface area contributed by atoms with Gasteiger partial charge < -0.3 is 5.32 Å². The van der Waals surface area contributed by atoms with Crippen LogP contribution < -0.4 is 5.32 Å². The first-order valence-corrected chi connectivity index (χ1v) is 8.19. The Balaban J connectivity index is 2.29. The minimum atomic E-state index is -3.59. The Kier molecular flexibility index (Phi) is 4.84. The molecule has 0 aliphatic carbocycles. The van der Waals surface area contributed by atoms with E-state index in [1.54, 1.807) is 30.3 Å². The van der Waals surface area contributed by atoms with E-state index in [1.807, 2.05) is 0 Å². The van der Waals surface area contributed by atoms with Crippen LogP contribution in [0.25, 0.3) is 0 Å². The third kappa shape index (κ3) is 3.77. The summed E-state index contributed by atoms with van der Waals surface area (Å²) in [7, 11) is -0.714. The summed E-state index contributed by atoms with van der Waals surface area (Å²) in [6.45, 7) is 0. The predicted octanol–water partition coefficient (Wildman–Crippen LogP) is 2.17. The largest absolute Gasteiger partial charge is 0.322 e. The molecule has 0 atom stereocenters. The number of amides is 1. The molecule has 1 amide bonds. The number of anilines is 1. The molecule has 0 saturated heterocycles. The minimum absolute atomic E-state index is 0.0625. The second-order valence-corrected chi connectivity index (χ2v) is 7.15. The molecule has 118 valence electrons. The van der Waals surface area contributed by atoms with E-state index < -0.39 is 15.9 Å². The van der Waals surface area contributed by atoms with E-state index in [1.165, 1.54) is 32.3 Å². The highest BCUT2D eigenvalue weighted by atomic mass is 32.2. The van der Waals surface area contributed by atoms with Gasteiger partial charge in [-0.15, -0.1) is 6.42 Å². The molecule has 0 saturated carbocycles. The lowest BCUT2D eigenvalue weighted by Gasteiger charge is -2.12. The summed E-state index contributed by atoms with van der Waals surface area (Å²) in [5.41, 5.74) is 1.44. The average Bonchev–Trinajstić information content (AvgIpc) is 2.55. The van der Waals surface area contributed by atoms with E-state index in [0.29, 0.717) is 11.3 Å². The lowest BCUT2D eigenvalue weighted by molar-refractivity contribution is 0.102. The van der Waals surface area contributed by atoms with Crippen LogP contribution in [-0.2, 0) is 10.0 Å². The van der Waals surface area contributed by atoms with Gasteiger partial charge in [0.1, 0.15) is 0 Å². The maximum absolute atomic E-state index is 12.3. The van der Waals surface area contributed by atoms with Crippen molar-refractivity contribution in [2.24, 2.45) is 0 Å². The Morgan fingerprint density at radius 1 is 1.13 bits per heavy atom. The molecule has 2 rings (SSSR count). The molecule has 5 nitrogen and oxygen atoms in total. The minimum Gasteiger partial charge on any atom is -0.322 e. The number of nitrogens with one attached hydrogen (secondary N) is 1. The van der Waals surface area contributed by atoms with Crippen molar-refractivity contribution >= 4 is 21.6 Å². The monoisotopic (exact) mass is 328 g/mol. The summed E-state index contributed by atoms with van der Waals surface area (Å²) in [6, 6.07) is 12.7. The number of terminal acetylenes is 1. The molecule has 0 unspecified atom stereocenters. The highest BCUT2D eigenvalue weighted by molar-refractivity contribution is 7.89. The number of carbonyl (C=O) groups is 1. The van der Waals surface area contributed by atoms with Gasteiger partial charge in [0.05, 0.1) is 4.90 Å². The molecule has 0 aliphatic heterocycles. The number of sulfonamides is 1. The molecule has 0 heterocycles. The fourth-order valence-electron chi connectivity index (χ4n) is 1.90. The van der Waals surface area contributed by atoms with E-state index in [4.69, 9.17) is 6.42 Å². The molecular weight excluding hydrogens is 312 g/mol. The number of hydrogen-bond acceptors (Lipinski definition) is 3. The van der Waals surface area contributed by atoms with Gasteiger partial charge in [0.25, 0.3) is 5.91 Å². The Labute approximate surface area is 136 Å². The molecular formula is C17H16N2O3S. The van der Waals surface area contributed by atoms with Crippen molar-refractivity contribution < 1.29 is 13.2 Å². The fourth-order valence-corrected chi connectivity index (χ4v) is 2.85. The Hall–Kier alpha value is -2.62. The molecule has 0 spiro atoms. The zero-order valence-electron chi connectivity index (χ0n) is 12.8. The summed E-state index contributed by atoms with van der Waals surface area (Å²) in [5.74, 6) is 2.08. The number of hydrogen-bond donors (Lipinski definition) is 1. The maximum Gasteiger partial charge on any atom is 0.255 e. The highest BCUT2D eigenvalue weighted by Crippen LogP contribution is 2.17. The summed E-state index contributed by atoms with van der Waals surface area (Å²) in [4.78, 5) is 12.4. The van der Waals surface area contributed by atoms with Crippen LogP contribution in [0, 0.1) is 12.3 Å². The normalized spacial score (nSPS) is 11.0. The van der Waals surface area contributed by atoms with Crippen LogP contribution in [0.15, 0.2) is 53.4 Å². The molecule has 23 heavy (non-hydrogen) atoms. The first kappa shape index (κ1) is 16.7. The molecule has 2 aromatic rings. The van der Waals surface area contributed by atoms with Gasteiger partial charge in [-0.25, -0.2) is 12.7 Å². The van der Waals surface area contributed by atoms with Gasteiger partial charge >= 0.3 is 0 Å².